The zero-order valence-corrected chi connectivity index (χ0v) is 30.1. The van der Waals surface area contributed by atoms with Crippen molar-refractivity contribution in [2.75, 3.05) is 0 Å². The first kappa shape index (κ1) is 31.9. The minimum atomic E-state index is 0.635. The van der Waals surface area contributed by atoms with Crippen molar-refractivity contribution in [2.24, 2.45) is 0 Å². The molecule has 11 aromatic rings. The second kappa shape index (κ2) is 13.0. The molecule has 0 aliphatic heterocycles. The van der Waals surface area contributed by atoms with E-state index >= 15 is 0 Å². The number of rotatable bonds is 5. The van der Waals surface area contributed by atoms with Crippen LogP contribution in [0.5, 0.6) is 0 Å². The third-order valence-electron chi connectivity index (χ3n) is 10.8. The van der Waals surface area contributed by atoms with E-state index < -0.39 is 0 Å². The second-order valence-electron chi connectivity index (χ2n) is 14.1. The monoisotopic (exact) mass is 713 g/mol. The minimum absolute atomic E-state index is 0.635. The Morgan fingerprint density at radius 3 is 1.77 bits per heavy atom. The van der Waals surface area contributed by atoms with E-state index in [9.17, 15) is 0 Å². The van der Waals surface area contributed by atoms with E-state index in [0.29, 0.717) is 5.82 Å². The molecule has 11 rings (SSSR count). The number of pyridine rings is 3. The topological polar surface area (TPSA) is 64.5 Å². The summed E-state index contributed by atoms with van der Waals surface area (Å²) in [6, 6.07) is 59.6. The molecule has 0 amide bonds. The van der Waals surface area contributed by atoms with Gasteiger partial charge in [-0.2, -0.15) is 0 Å². The molecular formula is C51H31N5. The average molecular weight is 714 g/mol. The number of nitrogens with zero attached hydrogens (tertiary/aromatic N) is 5. The number of fused-ring (bicyclic) bond motifs is 7. The predicted molar refractivity (Wildman–Crippen MR) is 230 cm³/mol. The summed E-state index contributed by atoms with van der Waals surface area (Å²) >= 11 is 0. The smallest absolute Gasteiger partial charge is 0.160 e. The Bertz CT molecular complexity index is 3180. The van der Waals surface area contributed by atoms with Crippen LogP contribution >= 0.6 is 0 Å². The van der Waals surface area contributed by atoms with Gasteiger partial charge in [0, 0.05) is 51.4 Å². The highest BCUT2D eigenvalue weighted by atomic mass is 14.9. The van der Waals surface area contributed by atoms with E-state index in [4.69, 9.17) is 19.9 Å². The van der Waals surface area contributed by atoms with E-state index in [0.717, 1.165) is 93.8 Å². The zero-order chi connectivity index (χ0) is 37.0. The predicted octanol–water partition coefficient (Wildman–Crippen LogP) is 12.8. The van der Waals surface area contributed by atoms with Gasteiger partial charge in [0.15, 0.2) is 5.82 Å². The molecular weight excluding hydrogens is 683 g/mol. The van der Waals surface area contributed by atoms with Crippen LogP contribution in [0.3, 0.4) is 0 Å². The van der Waals surface area contributed by atoms with Crippen molar-refractivity contribution < 1.29 is 0 Å². The number of benzene rings is 7. The fourth-order valence-electron chi connectivity index (χ4n) is 8.16. The summed E-state index contributed by atoms with van der Waals surface area (Å²) in [5, 5.41) is 7.78. The van der Waals surface area contributed by atoms with E-state index in [-0.39, 0.29) is 0 Å². The third kappa shape index (κ3) is 5.37. The minimum Gasteiger partial charge on any atom is -0.256 e. The van der Waals surface area contributed by atoms with Crippen molar-refractivity contribution in [1.82, 2.24) is 24.9 Å². The molecule has 7 aromatic carbocycles. The van der Waals surface area contributed by atoms with Crippen LogP contribution in [-0.2, 0) is 0 Å². The van der Waals surface area contributed by atoms with Gasteiger partial charge in [-0.3, -0.25) is 15.0 Å². The van der Waals surface area contributed by atoms with E-state index in [1.165, 1.54) is 10.8 Å². The van der Waals surface area contributed by atoms with Gasteiger partial charge in [-0.1, -0.05) is 109 Å². The molecule has 0 fully saturated rings. The lowest BCUT2D eigenvalue weighted by Gasteiger charge is -2.16. The number of hydrogen-bond acceptors (Lipinski definition) is 5. The molecule has 260 valence electrons. The Hall–Kier alpha value is -7.63. The quantitative estimate of drug-likeness (QED) is 0.166. The van der Waals surface area contributed by atoms with Crippen LogP contribution in [0.25, 0.3) is 110 Å². The first-order valence-electron chi connectivity index (χ1n) is 18.7. The lowest BCUT2D eigenvalue weighted by molar-refractivity contribution is 1.19. The fraction of sp³-hybridized carbons (Fsp3) is 0. The number of aromatic nitrogens is 5. The van der Waals surface area contributed by atoms with Crippen LogP contribution in [0, 0.1) is 0 Å². The summed E-state index contributed by atoms with van der Waals surface area (Å²) in [4.78, 5) is 25.2. The Kier molecular flexibility index (Phi) is 7.42. The molecule has 4 heterocycles. The molecule has 4 aromatic heterocycles. The standard InChI is InChI=1S/C51H31N5/c1-2-12-32(13-3-1)35-26-36(39-22-25-52-46-21-9-8-19-42(39)46)28-37(27-35)51-55-47(44-29-33-14-4-5-16-38(33)40-17-6-7-18-41(40)44)31-48(56-51)45-30-34-15-10-23-53-49(34)50-43(45)20-11-24-54-50/h1-31H. The summed E-state index contributed by atoms with van der Waals surface area (Å²) in [7, 11) is 0. The summed E-state index contributed by atoms with van der Waals surface area (Å²) in [5.41, 5.74) is 11.6. The van der Waals surface area contributed by atoms with Crippen molar-refractivity contribution in [3.05, 3.63) is 188 Å². The van der Waals surface area contributed by atoms with Crippen LogP contribution in [0.2, 0.25) is 0 Å². The molecule has 0 atom stereocenters. The third-order valence-corrected chi connectivity index (χ3v) is 10.8. The van der Waals surface area contributed by atoms with E-state index in [2.05, 4.69) is 157 Å². The van der Waals surface area contributed by atoms with Gasteiger partial charge >= 0.3 is 0 Å². The van der Waals surface area contributed by atoms with Gasteiger partial charge in [-0.25, -0.2) is 9.97 Å². The summed E-state index contributed by atoms with van der Waals surface area (Å²) in [6.45, 7) is 0. The largest absolute Gasteiger partial charge is 0.256 e. The van der Waals surface area contributed by atoms with Crippen molar-refractivity contribution in [3.63, 3.8) is 0 Å². The molecule has 0 spiro atoms. The molecule has 0 saturated carbocycles. The molecule has 0 unspecified atom stereocenters. The highest BCUT2D eigenvalue weighted by Crippen LogP contribution is 2.40. The first-order valence-corrected chi connectivity index (χ1v) is 18.7. The Balaban J connectivity index is 1.23. The molecule has 0 aliphatic rings. The zero-order valence-electron chi connectivity index (χ0n) is 30.1. The molecule has 0 N–H and O–H groups in total. The van der Waals surface area contributed by atoms with Crippen LogP contribution in [0.4, 0.5) is 0 Å². The van der Waals surface area contributed by atoms with Crippen molar-refractivity contribution >= 4 is 54.3 Å². The van der Waals surface area contributed by atoms with Gasteiger partial charge in [0.1, 0.15) is 0 Å². The van der Waals surface area contributed by atoms with Gasteiger partial charge < -0.3 is 0 Å². The lowest BCUT2D eigenvalue weighted by atomic mass is 9.93. The molecule has 5 nitrogen and oxygen atoms in total. The molecule has 0 saturated heterocycles. The van der Waals surface area contributed by atoms with E-state index in [1.807, 2.05) is 36.8 Å². The van der Waals surface area contributed by atoms with Gasteiger partial charge in [0.25, 0.3) is 0 Å². The Morgan fingerprint density at radius 1 is 0.304 bits per heavy atom. The Morgan fingerprint density at radius 2 is 0.911 bits per heavy atom. The molecule has 0 bridgehead atoms. The maximum atomic E-state index is 5.48. The van der Waals surface area contributed by atoms with Crippen LogP contribution in [-0.4, -0.2) is 24.9 Å². The summed E-state index contributed by atoms with van der Waals surface area (Å²) in [6.07, 6.45) is 5.54. The molecule has 5 heteroatoms. The van der Waals surface area contributed by atoms with Crippen LogP contribution in [0.15, 0.2) is 188 Å². The average Bonchev–Trinajstić information content (AvgIpc) is 3.28. The normalized spacial score (nSPS) is 11.6. The van der Waals surface area contributed by atoms with Gasteiger partial charge in [-0.05, 0) is 104 Å². The summed E-state index contributed by atoms with van der Waals surface area (Å²) in [5.74, 6) is 0.635. The first-order chi connectivity index (χ1) is 27.7. The second-order valence-corrected chi connectivity index (χ2v) is 14.1. The SMILES string of the molecule is c1ccc(-c2cc(-c3nc(-c4cc5ccccc5c5ccccc45)cc(-c4cc5cccnc5c5ncccc45)n3)cc(-c3ccnc4ccccc34)c2)cc1. The van der Waals surface area contributed by atoms with Gasteiger partial charge in [0.05, 0.1) is 27.9 Å². The molecule has 0 radical (unpaired) electrons. The van der Waals surface area contributed by atoms with Gasteiger partial charge in [0.2, 0.25) is 0 Å². The van der Waals surface area contributed by atoms with Crippen molar-refractivity contribution in [1.29, 1.82) is 0 Å². The van der Waals surface area contributed by atoms with Crippen LogP contribution < -0.4 is 0 Å². The highest BCUT2D eigenvalue weighted by Gasteiger charge is 2.19. The van der Waals surface area contributed by atoms with Crippen molar-refractivity contribution in [2.45, 2.75) is 0 Å². The lowest BCUT2D eigenvalue weighted by Crippen LogP contribution is -1.99. The maximum Gasteiger partial charge on any atom is 0.160 e. The molecule has 0 aliphatic carbocycles. The number of para-hydroxylation sites is 1. The van der Waals surface area contributed by atoms with Crippen LogP contribution in [0.1, 0.15) is 0 Å². The summed E-state index contributed by atoms with van der Waals surface area (Å²) < 4.78 is 0. The molecule has 56 heavy (non-hydrogen) atoms. The maximum absolute atomic E-state index is 5.48. The van der Waals surface area contributed by atoms with Gasteiger partial charge in [-0.15, -0.1) is 0 Å². The fourth-order valence-corrected chi connectivity index (χ4v) is 8.16. The van der Waals surface area contributed by atoms with E-state index in [1.54, 1.807) is 0 Å². The highest BCUT2D eigenvalue weighted by molar-refractivity contribution is 6.14. The Labute approximate surface area is 322 Å². The number of hydrogen-bond donors (Lipinski definition) is 0. The van der Waals surface area contributed by atoms with Crippen molar-refractivity contribution in [3.8, 4) is 56.2 Å².